The molecule has 4 rings (SSSR count). The number of hydrogen-bond acceptors (Lipinski definition) is 7. The number of nitrogens with one attached hydrogen (secondary N) is 1. The number of nitrogen functional groups attached to an aromatic ring is 1. The first-order valence-electron chi connectivity index (χ1n) is 7.40. The highest BCUT2D eigenvalue weighted by Crippen LogP contribution is 2.28. The van der Waals surface area contributed by atoms with E-state index in [1.165, 1.54) is 11.6 Å². The summed E-state index contributed by atoms with van der Waals surface area (Å²) in [5, 5.41) is 8.37. The lowest BCUT2D eigenvalue weighted by atomic mass is 10.3. The number of methoxy groups -OCH3 is 1. The van der Waals surface area contributed by atoms with Gasteiger partial charge in [0, 0.05) is 12.4 Å². The van der Waals surface area contributed by atoms with Crippen molar-refractivity contribution >= 4 is 28.4 Å². The molecule has 4 aromatic heterocycles. The highest BCUT2D eigenvalue weighted by Gasteiger charge is 2.21. The lowest BCUT2D eigenvalue weighted by Gasteiger charge is -2.05. The van der Waals surface area contributed by atoms with Crippen molar-refractivity contribution in [1.29, 1.82) is 0 Å². The number of aromatic nitrogens is 4. The Morgan fingerprint density at radius 3 is 2.44 bits per heavy atom. The summed E-state index contributed by atoms with van der Waals surface area (Å²) in [6.07, 6.45) is 3.45. The Labute approximate surface area is 141 Å². The third kappa shape index (κ3) is 2.38. The Balaban J connectivity index is 1.63. The zero-order valence-corrected chi connectivity index (χ0v) is 13.2. The van der Waals surface area contributed by atoms with Gasteiger partial charge in [-0.05, 0) is 24.3 Å². The van der Waals surface area contributed by atoms with Gasteiger partial charge in [-0.1, -0.05) is 12.1 Å². The molecule has 3 N–H and O–H groups in total. The number of anilines is 2. The second-order valence-electron chi connectivity index (χ2n) is 5.20. The molecule has 9 nitrogen and oxygen atoms in total. The summed E-state index contributed by atoms with van der Waals surface area (Å²) >= 11 is 0. The summed E-state index contributed by atoms with van der Waals surface area (Å²) in [6, 6.07) is 10.8. The maximum Gasteiger partial charge on any atom is 0.385 e. The number of pyridine rings is 2. The monoisotopic (exact) mass is 338 g/mol. The Bertz CT molecular complexity index is 1080. The van der Waals surface area contributed by atoms with Crippen LogP contribution in [0.25, 0.3) is 11.0 Å². The molecule has 0 saturated carbocycles. The number of carbonyl (C=O) groups is 1. The molecule has 126 valence electrons. The highest BCUT2D eigenvalue weighted by molar-refractivity contribution is 5.98. The normalized spacial score (nSPS) is 10.9. The molecule has 0 aliphatic rings. The standard InChI is InChI=1S/C16H14N6O3/c1-24-15-13(11-7-3-5-9-22(11)19-15)20-25-16(23)14-12(17)10-6-2-4-8-21(10)18-14/h2-9,20H,17H2,1H3. The van der Waals surface area contributed by atoms with Crippen molar-refractivity contribution in [3.05, 3.63) is 54.5 Å². The van der Waals surface area contributed by atoms with Crippen LogP contribution in [0.5, 0.6) is 5.88 Å². The molecule has 4 heterocycles. The van der Waals surface area contributed by atoms with Gasteiger partial charge in [-0.15, -0.1) is 5.10 Å². The SMILES string of the molecule is COc1nn2ccccc2c1NOC(=O)c1nn2ccccc2c1N. The third-order valence-corrected chi connectivity index (χ3v) is 3.72. The number of fused-ring (bicyclic) bond motifs is 2. The van der Waals surface area contributed by atoms with Crippen molar-refractivity contribution in [3.63, 3.8) is 0 Å². The van der Waals surface area contributed by atoms with Gasteiger partial charge >= 0.3 is 5.97 Å². The number of ether oxygens (including phenoxy) is 1. The number of nitrogens with two attached hydrogens (primary N) is 1. The van der Waals surface area contributed by atoms with E-state index >= 15 is 0 Å². The van der Waals surface area contributed by atoms with Crippen LogP contribution in [0.1, 0.15) is 10.5 Å². The average Bonchev–Trinajstić information content (AvgIpc) is 3.18. The van der Waals surface area contributed by atoms with Crippen LogP contribution < -0.4 is 16.0 Å². The molecule has 0 spiro atoms. The van der Waals surface area contributed by atoms with Gasteiger partial charge in [-0.2, -0.15) is 5.10 Å². The van der Waals surface area contributed by atoms with Gasteiger partial charge in [-0.3, -0.25) is 0 Å². The fourth-order valence-corrected chi connectivity index (χ4v) is 2.53. The molecule has 0 bridgehead atoms. The minimum Gasteiger partial charge on any atom is -0.478 e. The number of carbonyl (C=O) groups excluding carboxylic acids is 1. The zero-order chi connectivity index (χ0) is 17.4. The van der Waals surface area contributed by atoms with Crippen LogP contribution in [-0.4, -0.2) is 32.3 Å². The summed E-state index contributed by atoms with van der Waals surface area (Å²) in [5.74, 6) is -0.416. The van der Waals surface area contributed by atoms with E-state index < -0.39 is 5.97 Å². The minimum absolute atomic E-state index is 0.0224. The van der Waals surface area contributed by atoms with Gasteiger partial charge in [0.1, 0.15) is 0 Å². The highest BCUT2D eigenvalue weighted by atomic mass is 16.7. The molecule has 0 amide bonds. The van der Waals surface area contributed by atoms with E-state index in [0.717, 1.165) is 0 Å². The van der Waals surface area contributed by atoms with Crippen molar-refractivity contribution in [3.8, 4) is 5.88 Å². The lowest BCUT2D eigenvalue weighted by molar-refractivity contribution is 0.0590. The fraction of sp³-hybridized carbons (Fsp3) is 0.0625. The predicted octanol–water partition coefficient (Wildman–Crippen LogP) is 1.76. The molecule has 0 radical (unpaired) electrons. The molecule has 25 heavy (non-hydrogen) atoms. The van der Waals surface area contributed by atoms with E-state index in [-0.39, 0.29) is 11.4 Å². The van der Waals surface area contributed by atoms with Crippen LogP contribution >= 0.6 is 0 Å². The lowest BCUT2D eigenvalue weighted by Crippen LogP contribution is -2.13. The van der Waals surface area contributed by atoms with Crippen LogP contribution in [0.2, 0.25) is 0 Å². The smallest absolute Gasteiger partial charge is 0.385 e. The first-order chi connectivity index (χ1) is 12.2. The maximum atomic E-state index is 12.4. The van der Waals surface area contributed by atoms with Crippen LogP contribution in [0.15, 0.2) is 48.8 Å². The van der Waals surface area contributed by atoms with Gasteiger partial charge in [0.25, 0.3) is 5.88 Å². The van der Waals surface area contributed by atoms with Crippen molar-refractivity contribution in [1.82, 2.24) is 19.2 Å². The predicted molar refractivity (Wildman–Crippen MR) is 90.4 cm³/mol. The second-order valence-corrected chi connectivity index (χ2v) is 5.20. The second kappa shape index (κ2) is 5.71. The van der Waals surface area contributed by atoms with Crippen LogP contribution in [0.3, 0.4) is 0 Å². The molecule has 0 aliphatic heterocycles. The molecule has 0 fully saturated rings. The summed E-state index contributed by atoms with van der Waals surface area (Å²) in [5.41, 5.74) is 10.6. The summed E-state index contributed by atoms with van der Waals surface area (Å²) in [4.78, 5) is 17.5. The van der Waals surface area contributed by atoms with E-state index in [1.54, 1.807) is 29.0 Å². The summed E-state index contributed by atoms with van der Waals surface area (Å²) in [6.45, 7) is 0. The first-order valence-corrected chi connectivity index (χ1v) is 7.40. The van der Waals surface area contributed by atoms with Crippen molar-refractivity contribution in [2.24, 2.45) is 0 Å². The molecule has 0 atom stereocenters. The molecule has 0 unspecified atom stereocenters. The van der Waals surface area contributed by atoms with E-state index in [0.29, 0.717) is 22.6 Å². The van der Waals surface area contributed by atoms with Gasteiger partial charge in [0.15, 0.2) is 11.4 Å². The van der Waals surface area contributed by atoms with Crippen molar-refractivity contribution < 1.29 is 14.4 Å². The van der Waals surface area contributed by atoms with E-state index in [9.17, 15) is 4.79 Å². The van der Waals surface area contributed by atoms with Crippen molar-refractivity contribution in [2.45, 2.75) is 0 Å². The molecule has 0 aliphatic carbocycles. The average molecular weight is 338 g/mol. The molecule has 4 aromatic rings. The Morgan fingerprint density at radius 2 is 1.76 bits per heavy atom. The van der Waals surface area contributed by atoms with E-state index in [1.807, 2.05) is 24.3 Å². The quantitative estimate of drug-likeness (QED) is 0.546. The molecular formula is C16H14N6O3. The van der Waals surface area contributed by atoms with Crippen LogP contribution in [0.4, 0.5) is 11.4 Å². The first kappa shape index (κ1) is 14.8. The van der Waals surface area contributed by atoms with E-state index in [2.05, 4.69) is 15.7 Å². The molecule has 0 aromatic carbocycles. The number of hydrogen-bond donors (Lipinski definition) is 2. The largest absolute Gasteiger partial charge is 0.478 e. The Hall–Kier alpha value is -3.75. The summed E-state index contributed by atoms with van der Waals surface area (Å²) in [7, 11) is 1.48. The summed E-state index contributed by atoms with van der Waals surface area (Å²) < 4.78 is 8.33. The van der Waals surface area contributed by atoms with Crippen LogP contribution in [-0.2, 0) is 4.84 Å². The molecular weight excluding hydrogens is 324 g/mol. The number of rotatable bonds is 4. The minimum atomic E-state index is -0.710. The Kier molecular flexibility index (Phi) is 3.38. The Morgan fingerprint density at radius 1 is 1.08 bits per heavy atom. The van der Waals surface area contributed by atoms with Gasteiger partial charge in [0.05, 0.1) is 23.8 Å². The molecule has 0 saturated heterocycles. The topological polar surface area (TPSA) is 108 Å². The van der Waals surface area contributed by atoms with E-state index in [4.69, 9.17) is 15.3 Å². The third-order valence-electron chi connectivity index (χ3n) is 3.72. The van der Waals surface area contributed by atoms with Crippen molar-refractivity contribution in [2.75, 3.05) is 18.3 Å². The van der Waals surface area contributed by atoms with Gasteiger partial charge < -0.3 is 15.3 Å². The number of nitrogens with zero attached hydrogens (tertiary/aromatic N) is 4. The van der Waals surface area contributed by atoms with Gasteiger partial charge in [-0.25, -0.2) is 19.3 Å². The fourth-order valence-electron chi connectivity index (χ4n) is 2.53. The zero-order valence-electron chi connectivity index (χ0n) is 13.2. The van der Waals surface area contributed by atoms with Crippen LogP contribution in [0, 0.1) is 0 Å². The maximum absolute atomic E-state index is 12.4. The molecule has 9 heteroatoms. The van der Waals surface area contributed by atoms with Gasteiger partial charge in [0.2, 0.25) is 0 Å².